The first kappa shape index (κ1) is 21.2. The van der Waals surface area contributed by atoms with Gasteiger partial charge in [-0.05, 0) is 72.6 Å². The second-order valence-corrected chi connectivity index (χ2v) is 11.9. The normalized spacial score (nSPS) is 30.8. The largest absolute Gasteiger partial charge is 0.416 e. The van der Waals surface area contributed by atoms with Crippen LogP contribution in [0.3, 0.4) is 0 Å². The van der Waals surface area contributed by atoms with Crippen LogP contribution in [-0.2, 0) is 16.2 Å². The van der Waals surface area contributed by atoms with E-state index < -0.39 is 21.8 Å². The molecule has 0 spiro atoms. The van der Waals surface area contributed by atoms with Gasteiger partial charge in [-0.2, -0.15) is 13.2 Å². The summed E-state index contributed by atoms with van der Waals surface area (Å²) in [5.41, 5.74) is -0.651. The Bertz CT molecular complexity index is 957. The number of carbonyl (C=O) groups is 1. The number of benzene rings is 1. The summed E-state index contributed by atoms with van der Waals surface area (Å²) in [4.78, 5) is 12.6. The van der Waals surface area contributed by atoms with Crippen LogP contribution in [0.1, 0.15) is 48.0 Å². The highest BCUT2D eigenvalue weighted by Crippen LogP contribution is 2.67. The second kappa shape index (κ2) is 7.20. The summed E-state index contributed by atoms with van der Waals surface area (Å²) in [6.45, 7) is 1.51. The van der Waals surface area contributed by atoms with E-state index in [1.807, 2.05) is 0 Å². The number of alkyl halides is 3. The van der Waals surface area contributed by atoms with Gasteiger partial charge in [0.25, 0.3) is 5.91 Å². The monoisotopic (exact) mass is 456 g/mol. The van der Waals surface area contributed by atoms with E-state index in [9.17, 15) is 26.4 Å². The first-order valence-corrected chi connectivity index (χ1v) is 12.6. The second-order valence-electron chi connectivity index (χ2n) is 9.89. The Morgan fingerprint density at radius 2 is 1.61 bits per heavy atom. The molecule has 4 fully saturated rings. The minimum absolute atomic E-state index is 0.0751. The van der Waals surface area contributed by atoms with Gasteiger partial charge in [-0.25, -0.2) is 12.7 Å². The number of amides is 1. The number of piperidine rings is 1. The van der Waals surface area contributed by atoms with Crippen LogP contribution in [0.5, 0.6) is 0 Å². The maximum Gasteiger partial charge on any atom is 0.416 e. The summed E-state index contributed by atoms with van der Waals surface area (Å²) in [5, 5.41) is 2.93. The van der Waals surface area contributed by atoms with Crippen LogP contribution in [-0.4, -0.2) is 44.0 Å². The van der Waals surface area contributed by atoms with Gasteiger partial charge in [0.15, 0.2) is 0 Å². The predicted octanol–water partition coefficient (Wildman–Crippen LogP) is 3.52. The Labute approximate surface area is 180 Å². The predicted molar refractivity (Wildman–Crippen MR) is 109 cm³/mol. The molecule has 1 aliphatic heterocycles. The number of carbonyl (C=O) groups excluding carboxylic acids is 1. The molecule has 5 rings (SSSR count). The van der Waals surface area contributed by atoms with Gasteiger partial charge in [0.1, 0.15) is 0 Å². The zero-order valence-electron chi connectivity index (χ0n) is 17.2. The molecule has 2 unspecified atom stereocenters. The molecule has 3 aliphatic carbocycles. The van der Waals surface area contributed by atoms with Gasteiger partial charge in [0, 0.05) is 25.2 Å². The molecule has 2 atom stereocenters. The number of nitrogens with zero attached hydrogens (tertiary/aromatic N) is 1. The summed E-state index contributed by atoms with van der Waals surface area (Å²) in [6.07, 6.45) is 0.922. The number of sulfonamides is 1. The van der Waals surface area contributed by atoms with E-state index in [1.165, 1.54) is 25.0 Å². The third-order valence-electron chi connectivity index (χ3n) is 7.61. The maximum atomic E-state index is 12.7. The molecule has 31 heavy (non-hydrogen) atoms. The van der Waals surface area contributed by atoms with Gasteiger partial charge in [-0.1, -0.05) is 12.8 Å². The number of nitrogens with one attached hydrogen (secondary N) is 1. The molecule has 4 aliphatic rings. The highest BCUT2D eigenvalue weighted by atomic mass is 32.2. The van der Waals surface area contributed by atoms with Crippen LogP contribution < -0.4 is 5.32 Å². The third kappa shape index (κ3) is 4.23. The highest BCUT2D eigenvalue weighted by molar-refractivity contribution is 7.89. The molecular formula is C22H27F3N2O3S. The lowest BCUT2D eigenvalue weighted by Crippen LogP contribution is -2.40. The van der Waals surface area contributed by atoms with Crippen molar-refractivity contribution >= 4 is 15.9 Å². The number of halogens is 3. The molecule has 1 saturated heterocycles. The Balaban J connectivity index is 1.22. The molecule has 0 radical (unpaired) electrons. The molecule has 1 aromatic rings. The smallest absolute Gasteiger partial charge is 0.351 e. The standard InChI is InChI=1S/C22H27F3N2O3S/c23-22(24,25)17-7-5-16(6-8-17)20(28)26-13-21(9-14-1-2-14)18-10-27(11-19(18)21)31(29,30)12-15-3-4-15/h5-8,14-15,18-19H,1-4,9-13H2,(H,26,28). The fourth-order valence-electron chi connectivity index (χ4n) is 5.37. The van der Waals surface area contributed by atoms with Crippen molar-refractivity contribution in [2.45, 2.75) is 38.3 Å². The lowest BCUT2D eigenvalue weighted by atomic mass is 9.92. The van der Waals surface area contributed by atoms with Crippen LogP contribution in [0.2, 0.25) is 0 Å². The average Bonchev–Trinajstić information content (AvgIpc) is 3.67. The van der Waals surface area contributed by atoms with E-state index in [1.54, 1.807) is 4.31 Å². The molecule has 170 valence electrons. The van der Waals surface area contributed by atoms with Crippen molar-refractivity contribution < 1.29 is 26.4 Å². The molecule has 1 amide bonds. The number of fused-ring (bicyclic) bond motifs is 1. The van der Waals surface area contributed by atoms with Crippen molar-refractivity contribution in [3.8, 4) is 0 Å². The van der Waals surface area contributed by atoms with Crippen LogP contribution in [0.15, 0.2) is 24.3 Å². The minimum Gasteiger partial charge on any atom is -0.351 e. The summed E-state index contributed by atoms with van der Waals surface area (Å²) in [7, 11) is -3.20. The number of rotatable bonds is 8. The Morgan fingerprint density at radius 3 is 2.13 bits per heavy atom. The Hall–Kier alpha value is -1.61. The number of hydrogen-bond donors (Lipinski definition) is 1. The zero-order valence-corrected chi connectivity index (χ0v) is 18.0. The van der Waals surface area contributed by atoms with E-state index in [0.29, 0.717) is 31.5 Å². The SMILES string of the molecule is O=C(NCC1(CC2CC2)C2CN(S(=O)(=O)CC3CC3)CC21)c1ccc(C(F)(F)F)cc1. The van der Waals surface area contributed by atoms with Crippen molar-refractivity contribution in [2.75, 3.05) is 25.4 Å². The maximum absolute atomic E-state index is 12.7. The Kier molecular flexibility index (Phi) is 4.93. The number of hydrogen-bond acceptors (Lipinski definition) is 3. The fraction of sp³-hybridized carbons (Fsp3) is 0.682. The molecule has 1 heterocycles. The zero-order chi connectivity index (χ0) is 22.0. The molecule has 9 heteroatoms. The van der Waals surface area contributed by atoms with Gasteiger partial charge in [-0.3, -0.25) is 4.79 Å². The quantitative estimate of drug-likeness (QED) is 0.651. The molecule has 1 N–H and O–H groups in total. The molecular weight excluding hydrogens is 429 g/mol. The lowest BCUT2D eigenvalue weighted by Gasteiger charge is -2.27. The van der Waals surface area contributed by atoms with Crippen molar-refractivity contribution in [3.63, 3.8) is 0 Å². The van der Waals surface area contributed by atoms with Gasteiger partial charge >= 0.3 is 6.18 Å². The molecule has 0 bridgehead atoms. The van der Waals surface area contributed by atoms with Gasteiger partial charge < -0.3 is 5.32 Å². The van der Waals surface area contributed by atoms with E-state index in [4.69, 9.17) is 0 Å². The van der Waals surface area contributed by atoms with Crippen LogP contribution >= 0.6 is 0 Å². The fourth-order valence-corrected chi connectivity index (χ4v) is 7.29. The Morgan fingerprint density at radius 1 is 1.03 bits per heavy atom. The molecule has 5 nitrogen and oxygen atoms in total. The van der Waals surface area contributed by atoms with E-state index in [0.717, 1.165) is 31.4 Å². The van der Waals surface area contributed by atoms with Crippen LogP contribution in [0.4, 0.5) is 13.2 Å². The topological polar surface area (TPSA) is 66.5 Å². The van der Waals surface area contributed by atoms with Crippen LogP contribution in [0.25, 0.3) is 0 Å². The van der Waals surface area contributed by atoms with Gasteiger partial charge in [-0.15, -0.1) is 0 Å². The van der Waals surface area contributed by atoms with Crippen molar-refractivity contribution in [2.24, 2.45) is 29.1 Å². The van der Waals surface area contributed by atoms with Crippen molar-refractivity contribution in [3.05, 3.63) is 35.4 Å². The van der Waals surface area contributed by atoms with E-state index >= 15 is 0 Å². The lowest BCUT2D eigenvalue weighted by molar-refractivity contribution is -0.137. The molecule has 3 saturated carbocycles. The van der Waals surface area contributed by atoms with E-state index in [-0.39, 0.29) is 34.5 Å². The van der Waals surface area contributed by atoms with Crippen molar-refractivity contribution in [1.29, 1.82) is 0 Å². The summed E-state index contributed by atoms with van der Waals surface area (Å²) in [5.74, 6) is 1.36. The highest BCUT2D eigenvalue weighted by Gasteiger charge is 2.69. The average molecular weight is 457 g/mol. The molecule has 0 aromatic heterocycles. The van der Waals surface area contributed by atoms with Gasteiger partial charge in [0.2, 0.25) is 10.0 Å². The summed E-state index contributed by atoms with van der Waals surface area (Å²) >= 11 is 0. The minimum atomic E-state index is -4.43. The van der Waals surface area contributed by atoms with E-state index in [2.05, 4.69) is 5.32 Å². The molecule has 1 aromatic carbocycles. The first-order chi connectivity index (χ1) is 14.6. The van der Waals surface area contributed by atoms with Gasteiger partial charge in [0.05, 0.1) is 11.3 Å². The van der Waals surface area contributed by atoms with Crippen LogP contribution in [0, 0.1) is 29.1 Å². The summed E-state index contributed by atoms with van der Waals surface area (Å²) in [6, 6.07) is 4.24. The first-order valence-electron chi connectivity index (χ1n) is 11.0. The van der Waals surface area contributed by atoms with Crippen molar-refractivity contribution in [1.82, 2.24) is 9.62 Å². The third-order valence-corrected chi connectivity index (χ3v) is 9.59. The summed E-state index contributed by atoms with van der Waals surface area (Å²) < 4.78 is 65.1.